The molecular formula is C18H20FNO2. The van der Waals surface area contributed by atoms with Gasteiger partial charge in [-0.05, 0) is 23.3 Å². The average Bonchev–Trinajstić information content (AvgIpc) is 2.97. The monoisotopic (exact) mass is 301 g/mol. The zero-order valence-corrected chi connectivity index (χ0v) is 12.3. The van der Waals surface area contributed by atoms with Crippen molar-refractivity contribution in [3.63, 3.8) is 0 Å². The van der Waals surface area contributed by atoms with Gasteiger partial charge in [-0.15, -0.1) is 0 Å². The fourth-order valence-electron chi connectivity index (χ4n) is 2.76. The van der Waals surface area contributed by atoms with Crippen molar-refractivity contribution >= 4 is 0 Å². The Hall–Kier alpha value is -1.75. The van der Waals surface area contributed by atoms with Crippen LogP contribution in [0.25, 0.3) is 0 Å². The van der Waals surface area contributed by atoms with Crippen LogP contribution in [0.15, 0.2) is 54.6 Å². The largest absolute Gasteiger partial charge is 0.386 e. The summed E-state index contributed by atoms with van der Waals surface area (Å²) in [4.78, 5) is 0. The number of halogens is 1. The molecule has 2 aromatic carbocycles. The minimum absolute atomic E-state index is 0.0913. The SMILES string of the molecule is O[C@]1(CN[C@@H](c2ccccc2)c2ccc(F)cc2)CCOC1. The number of ether oxygens (including phenoxy) is 1. The van der Waals surface area contributed by atoms with Gasteiger partial charge < -0.3 is 15.2 Å². The molecule has 1 aliphatic rings. The van der Waals surface area contributed by atoms with E-state index in [1.165, 1.54) is 12.1 Å². The molecule has 1 saturated heterocycles. The van der Waals surface area contributed by atoms with E-state index in [-0.39, 0.29) is 11.9 Å². The smallest absolute Gasteiger partial charge is 0.123 e. The molecule has 0 unspecified atom stereocenters. The van der Waals surface area contributed by atoms with E-state index in [1.54, 1.807) is 12.1 Å². The van der Waals surface area contributed by atoms with Gasteiger partial charge in [0.1, 0.15) is 11.4 Å². The Bertz CT molecular complexity index is 594. The molecule has 0 aliphatic carbocycles. The van der Waals surface area contributed by atoms with Gasteiger partial charge in [-0.1, -0.05) is 42.5 Å². The van der Waals surface area contributed by atoms with Crippen LogP contribution >= 0.6 is 0 Å². The van der Waals surface area contributed by atoms with Crippen molar-refractivity contribution in [1.82, 2.24) is 5.32 Å². The van der Waals surface area contributed by atoms with Gasteiger partial charge in [0.15, 0.2) is 0 Å². The predicted octanol–water partition coefficient (Wildman–Crippen LogP) is 2.66. The van der Waals surface area contributed by atoms with E-state index in [0.29, 0.717) is 26.2 Å². The Balaban J connectivity index is 1.81. The van der Waals surface area contributed by atoms with Crippen LogP contribution in [0.3, 0.4) is 0 Å². The summed E-state index contributed by atoms with van der Waals surface area (Å²) in [6.45, 7) is 1.37. The second-order valence-electron chi connectivity index (χ2n) is 5.80. The second kappa shape index (κ2) is 6.57. The lowest BCUT2D eigenvalue weighted by atomic mass is 9.96. The van der Waals surface area contributed by atoms with Crippen LogP contribution in [0, 0.1) is 5.82 Å². The summed E-state index contributed by atoms with van der Waals surface area (Å²) in [6, 6.07) is 16.3. The van der Waals surface area contributed by atoms with Gasteiger partial charge in [-0.25, -0.2) is 4.39 Å². The highest BCUT2D eigenvalue weighted by Crippen LogP contribution is 2.24. The summed E-state index contributed by atoms with van der Waals surface area (Å²) in [5, 5.41) is 13.8. The molecule has 2 N–H and O–H groups in total. The third-order valence-electron chi connectivity index (χ3n) is 4.05. The third-order valence-corrected chi connectivity index (χ3v) is 4.05. The van der Waals surface area contributed by atoms with Crippen molar-refractivity contribution in [2.24, 2.45) is 0 Å². The number of hydrogen-bond acceptors (Lipinski definition) is 3. The van der Waals surface area contributed by atoms with E-state index in [1.807, 2.05) is 30.3 Å². The number of nitrogens with one attached hydrogen (secondary N) is 1. The summed E-state index contributed by atoms with van der Waals surface area (Å²) >= 11 is 0. The highest BCUT2D eigenvalue weighted by atomic mass is 19.1. The number of rotatable bonds is 5. The summed E-state index contributed by atoms with van der Waals surface area (Å²) < 4.78 is 18.4. The lowest BCUT2D eigenvalue weighted by Crippen LogP contribution is -2.42. The first-order valence-electron chi connectivity index (χ1n) is 7.50. The molecule has 3 rings (SSSR count). The van der Waals surface area contributed by atoms with Gasteiger partial charge in [0, 0.05) is 19.6 Å². The standard InChI is InChI=1S/C18H20FNO2/c19-16-8-6-15(7-9-16)17(14-4-2-1-3-5-14)20-12-18(21)10-11-22-13-18/h1-9,17,20-21H,10-13H2/t17-,18-/m0/s1. The first-order chi connectivity index (χ1) is 10.7. The van der Waals surface area contributed by atoms with Gasteiger partial charge in [0.25, 0.3) is 0 Å². The van der Waals surface area contributed by atoms with Crippen LogP contribution in [-0.4, -0.2) is 30.5 Å². The zero-order valence-electron chi connectivity index (χ0n) is 12.3. The summed E-state index contributed by atoms with van der Waals surface area (Å²) in [5.41, 5.74) is 1.22. The molecule has 0 spiro atoms. The van der Waals surface area contributed by atoms with E-state index in [2.05, 4.69) is 5.32 Å². The first-order valence-corrected chi connectivity index (χ1v) is 7.50. The van der Waals surface area contributed by atoms with Crippen molar-refractivity contribution in [3.8, 4) is 0 Å². The number of aliphatic hydroxyl groups is 1. The lowest BCUT2D eigenvalue weighted by molar-refractivity contribution is 0.0257. The molecule has 1 heterocycles. The van der Waals surface area contributed by atoms with Gasteiger partial charge in [0.2, 0.25) is 0 Å². The Kier molecular flexibility index (Phi) is 4.52. The van der Waals surface area contributed by atoms with Crippen LogP contribution in [-0.2, 0) is 4.74 Å². The maximum atomic E-state index is 13.2. The lowest BCUT2D eigenvalue weighted by Gasteiger charge is -2.26. The molecule has 22 heavy (non-hydrogen) atoms. The molecule has 0 bridgehead atoms. The average molecular weight is 301 g/mol. The van der Waals surface area contributed by atoms with Gasteiger partial charge in [-0.2, -0.15) is 0 Å². The van der Waals surface area contributed by atoms with E-state index < -0.39 is 5.60 Å². The minimum Gasteiger partial charge on any atom is -0.386 e. The van der Waals surface area contributed by atoms with Crippen molar-refractivity contribution in [1.29, 1.82) is 0 Å². The topological polar surface area (TPSA) is 41.5 Å². The first kappa shape index (κ1) is 15.2. The normalized spacial score (nSPS) is 22.6. The molecule has 0 aromatic heterocycles. The van der Waals surface area contributed by atoms with Crippen molar-refractivity contribution in [2.45, 2.75) is 18.1 Å². The second-order valence-corrected chi connectivity index (χ2v) is 5.80. The maximum absolute atomic E-state index is 13.2. The van der Waals surface area contributed by atoms with Crippen LogP contribution < -0.4 is 5.32 Å². The summed E-state index contributed by atoms with van der Waals surface area (Å²) in [6.07, 6.45) is 0.630. The molecule has 4 heteroatoms. The minimum atomic E-state index is -0.826. The fourth-order valence-corrected chi connectivity index (χ4v) is 2.76. The van der Waals surface area contributed by atoms with Crippen molar-refractivity contribution < 1.29 is 14.2 Å². The fraction of sp³-hybridized carbons (Fsp3) is 0.333. The van der Waals surface area contributed by atoms with E-state index in [0.717, 1.165) is 11.1 Å². The van der Waals surface area contributed by atoms with Crippen molar-refractivity contribution in [2.75, 3.05) is 19.8 Å². The van der Waals surface area contributed by atoms with Gasteiger partial charge >= 0.3 is 0 Å². The third kappa shape index (κ3) is 3.53. The zero-order chi connectivity index (χ0) is 15.4. The Morgan fingerprint density at radius 3 is 2.41 bits per heavy atom. The molecule has 0 radical (unpaired) electrons. The Morgan fingerprint density at radius 1 is 1.09 bits per heavy atom. The molecule has 1 fully saturated rings. The van der Waals surface area contributed by atoms with Crippen LogP contribution in [0.1, 0.15) is 23.6 Å². The van der Waals surface area contributed by atoms with Gasteiger partial charge in [-0.3, -0.25) is 0 Å². The molecule has 2 aromatic rings. The quantitative estimate of drug-likeness (QED) is 0.892. The number of benzene rings is 2. The predicted molar refractivity (Wildman–Crippen MR) is 83.1 cm³/mol. The highest BCUT2D eigenvalue weighted by Gasteiger charge is 2.32. The molecule has 1 aliphatic heterocycles. The van der Waals surface area contributed by atoms with E-state index in [4.69, 9.17) is 4.74 Å². The molecule has 0 amide bonds. The van der Waals surface area contributed by atoms with E-state index >= 15 is 0 Å². The van der Waals surface area contributed by atoms with Crippen LogP contribution in [0.5, 0.6) is 0 Å². The number of hydrogen-bond donors (Lipinski definition) is 2. The summed E-state index contributed by atoms with van der Waals surface area (Å²) in [7, 11) is 0. The van der Waals surface area contributed by atoms with Crippen LogP contribution in [0.4, 0.5) is 4.39 Å². The highest BCUT2D eigenvalue weighted by molar-refractivity contribution is 5.31. The molecule has 3 nitrogen and oxygen atoms in total. The van der Waals surface area contributed by atoms with Gasteiger partial charge in [0.05, 0.1) is 12.6 Å². The molecule has 0 saturated carbocycles. The maximum Gasteiger partial charge on any atom is 0.123 e. The van der Waals surface area contributed by atoms with Crippen LogP contribution in [0.2, 0.25) is 0 Å². The summed E-state index contributed by atoms with van der Waals surface area (Å²) in [5.74, 6) is -0.251. The van der Waals surface area contributed by atoms with Crippen molar-refractivity contribution in [3.05, 3.63) is 71.5 Å². The Morgan fingerprint density at radius 2 is 1.77 bits per heavy atom. The molecule has 2 atom stereocenters. The molecule has 116 valence electrons. The van der Waals surface area contributed by atoms with E-state index in [9.17, 15) is 9.50 Å². The Labute approximate surface area is 129 Å². The molecular weight excluding hydrogens is 281 g/mol.